The maximum atomic E-state index is 12.6. The number of carbonyl (C=O) groups is 2. The summed E-state index contributed by atoms with van der Waals surface area (Å²) in [6, 6.07) is 7.67. The minimum absolute atomic E-state index is 0.0763. The maximum absolute atomic E-state index is 12.6. The van der Waals surface area contributed by atoms with Gasteiger partial charge in [-0.05, 0) is 18.1 Å². The minimum Gasteiger partial charge on any atom is -0.326 e. The van der Waals surface area contributed by atoms with Crippen molar-refractivity contribution in [1.82, 2.24) is 5.43 Å². The van der Waals surface area contributed by atoms with E-state index in [-0.39, 0.29) is 17.9 Å². The number of rotatable bonds is 1. The highest BCUT2D eigenvalue weighted by molar-refractivity contribution is 6.44. The normalized spacial score (nSPS) is 21.9. The van der Waals surface area contributed by atoms with E-state index in [1.54, 1.807) is 4.90 Å². The average Bonchev–Trinajstić information content (AvgIpc) is 2.46. The molecule has 0 radical (unpaired) electrons. The Morgan fingerprint density at radius 3 is 2.90 bits per heavy atom. The zero-order chi connectivity index (χ0) is 14.1. The van der Waals surface area contributed by atoms with Crippen molar-refractivity contribution in [3.8, 4) is 0 Å². The molecular weight excluding hydrogens is 256 g/mol. The molecule has 1 aromatic rings. The van der Waals surface area contributed by atoms with Crippen LogP contribution in [0.4, 0.5) is 5.69 Å². The van der Waals surface area contributed by atoms with Gasteiger partial charge in [-0.15, -0.1) is 0 Å². The zero-order valence-corrected chi connectivity index (χ0v) is 11.0. The zero-order valence-electron chi connectivity index (χ0n) is 11.0. The molecule has 1 unspecified atom stereocenters. The summed E-state index contributed by atoms with van der Waals surface area (Å²) in [7, 11) is 0. The molecule has 0 aromatic heterocycles. The summed E-state index contributed by atoms with van der Waals surface area (Å²) in [6.45, 7) is 0.475. The monoisotopic (exact) mass is 272 g/mol. The molecule has 1 atom stereocenters. The first-order valence-electron chi connectivity index (χ1n) is 6.66. The van der Waals surface area contributed by atoms with Crippen LogP contribution in [0.2, 0.25) is 0 Å². The number of nitrogens with zero attached hydrogens (tertiary/aromatic N) is 2. The third kappa shape index (κ3) is 2.30. The Morgan fingerprint density at radius 1 is 1.35 bits per heavy atom. The number of anilines is 1. The summed E-state index contributed by atoms with van der Waals surface area (Å²) >= 11 is 0. The summed E-state index contributed by atoms with van der Waals surface area (Å²) in [5.41, 5.74) is 10.7. The van der Waals surface area contributed by atoms with Gasteiger partial charge in [0.05, 0.1) is 0 Å². The minimum atomic E-state index is -0.174. The van der Waals surface area contributed by atoms with Gasteiger partial charge in [-0.25, -0.2) is 5.43 Å². The van der Waals surface area contributed by atoms with Crippen molar-refractivity contribution in [3.63, 3.8) is 0 Å². The number of hydrogen-bond acceptors (Lipinski definition) is 4. The summed E-state index contributed by atoms with van der Waals surface area (Å²) in [5, 5.41) is 3.87. The fraction of sp³-hybridized carbons (Fsp3) is 0.357. The molecule has 0 aliphatic carbocycles. The number of benzene rings is 1. The molecule has 6 nitrogen and oxygen atoms in total. The number of carbonyl (C=O) groups excluding carboxylic acids is 2. The largest absolute Gasteiger partial charge is 0.326 e. The number of amides is 2. The van der Waals surface area contributed by atoms with Crippen LogP contribution in [-0.4, -0.2) is 30.1 Å². The SMILES string of the molecule is NC1Cc2ccccc2N(C(=O)C2=NNC(=O)CC2)C1. The predicted octanol–water partition coefficient (Wildman–Crippen LogP) is 0.169. The highest BCUT2D eigenvalue weighted by Gasteiger charge is 2.30. The predicted molar refractivity (Wildman–Crippen MR) is 75.3 cm³/mol. The number of para-hydroxylation sites is 1. The first kappa shape index (κ1) is 12.8. The first-order valence-corrected chi connectivity index (χ1v) is 6.66. The third-order valence-electron chi connectivity index (χ3n) is 3.58. The van der Waals surface area contributed by atoms with Gasteiger partial charge in [0.15, 0.2) is 0 Å². The van der Waals surface area contributed by atoms with Crippen LogP contribution >= 0.6 is 0 Å². The summed E-state index contributed by atoms with van der Waals surface area (Å²) < 4.78 is 0. The van der Waals surface area contributed by atoms with E-state index >= 15 is 0 Å². The molecule has 104 valence electrons. The molecule has 0 saturated carbocycles. The quantitative estimate of drug-likeness (QED) is 0.764. The Labute approximate surface area is 116 Å². The number of nitrogens with one attached hydrogen (secondary N) is 1. The van der Waals surface area contributed by atoms with Crippen LogP contribution in [-0.2, 0) is 16.0 Å². The van der Waals surface area contributed by atoms with E-state index in [0.29, 0.717) is 25.1 Å². The van der Waals surface area contributed by atoms with Crippen LogP contribution in [0.3, 0.4) is 0 Å². The van der Waals surface area contributed by atoms with Crippen LogP contribution in [0, 0.1) is 0 Å². The van der Waals surface area contributed by atoms with Crippen molar-refractivity contribution in [2.75, 3.05) is 11.4 Å². The number of hydrazone groups is 1. The van der Waals surface area contributed by atoms with E-state index in [9.17, 15) is 9.59 Å². The number of hydrogen-bond donors (Lipinski definition) is 2. The number of fused-ring (bicyclic) bond motifs is 1. The molecule has 20 heavy (non-hydrogen) atoms. The summed E-state index contributed by atoms with van der Waals surface area (Å²) in [4.78, 5) is 25.3. The second-order valence-electron chi connectivity index (χ2n) is 5.10. The van der Waals surface area contributed by atoms with Crippen LogP contribution in [0.15, 0.2) is 29.4 Å². The van der Waals surface area contributed by atoms with Gasteiger partial charge in [-0.2, -0.15) is 5.10 Å². The Morgan fingerprint density at radius 2 is 2.15 bits per heavy atom. The average molecular weight is 272 g/mol. The van der Waals surface area contributed by atoms with Crippen LogP contribution in [0.25, 0.3) is 0 Å². The van der Waals surface area contributed by atoms with Crippen molar-refractivity contribution >= 4 is 23.2 Å². The molecule has 1 aromatic carbocycles. The summed E-state index contributed by atoms with van der Waals surface area (Å²) in [5.74, 6) is -0.329. The van der Waals surface area contributed by atoms with Crippen LogP contribution < -0.4 is 16.1 Å². The molecule has 2 amide bonds. The van der Waals surface area contributed by atoms with E-state index in [4.69, 9.17) is 5.73 Å². The fourth-order valence-corrected chi connectivity index (χ4v) is 2.60. The Balaban J connectivity index is 1.90. The lowest BCUT2D eigenvalue weighted by Gasteiger charge is -2.33. The van der Waals surface area contributed by atoms with Crippen molar-refractivity contribution in [3.05, 3.63) is 29.8 Å². The highest BCUT2D eigenvalue weighted by atomic mass is 16.2. The molecule has 3 rings (SSSR count). The summed E-state index contributed by atoms with van der Waals surface area (Å²) in [6.07, 6.45) is 1.44. The van der Waals surface area contributed by atoms with E-state index in [1.165, 1.54) is 0 Å². The van der Waals surface area contributed by atoms with Gasteiger partial charge in [0.2, 0.25) is 5.91 Å². The number of nitrogens with two attached hydrogens (primary N) is 1. The van der Waals surface area contributed by atoms with Crippen molar-refractivity contribution in [1.29, 1.82) is 0 Å². The van der Waals surface area contributed by atoms with Gasteiger partial charge in [-0.1, -0.05) is 18.2 Å². The van der Waals surface area contributed by atoms with E-state index in [0.717, 1.165) is 17.7 Å². The topological polar surface area (TPSA) is 87.8 Å². The van der Waals surface area contributed by atoms with Crippen molar-refractivity contribution < 1.29 is 9.59 Å². The van der Waals surface area contributed by atoms with Gasteiger partial charge in [-0.3, -0.25) is 9.59 Å². The fourth-order valence-electron chi connectivity index (χ4n) is 2.60. The van der Waals surface area contributed by atoms with Gasteiger partial charge >= 0.3 is 0 Å². The lowest BCUT2D eigenvalue weighted by atomic mass is 9.97. The van der Waals surface area contributed by atoms with Crippen LogP contribution in [0.1, 0.15) is 18.4 Å². The molecule has 2 aliphatic heterocycles. The molecule has 2 aliphatic rings. The lowest BCUT2D eigenvalue weighted by Crippen LogP contribution is -2.49. The smallest absolute Gasteiger partial charge is 0.274 e. The molecule has 0 fully saturated rings. The van der Waals surface area contributed by atoms with Crippen molar-refractivity contribution in [2.24, 2.45) is 10.8 Å². The molecule has 0 bridgehead atoms. The highest BCUT2D eigenvalue weighted by Crippen LogP contribution is 2.27. The lowest BCUT2D eigenvalue weighted by molar-refractivity contribution is -0.121. The maximum Gasteiger partial charge on any atom is 0.274 e. The standard InChI is InChI=1S/C14H16N4O2/c15-10-7-9-3-1-2-4-12(9)18(8-10)14(20)11-5-6-13(19)17-16-11/h1-4,10H,5-8,15H2,(H,17,19). The molecule has 2 heterocycles. The second kappa shape index (κ2) is 5.05. The molecular formula is C14H16N4O2. The molecule has 0 spiro atoms. The van der Waals surface area contributed by atoms with Gasteiger partial charge in [0, 0.05) is 31.1 Å². The van der Waals surface area contributed by atoms with Crippen molar-refractivity contribution in [2.45, 2.75) is 25.3 Å². The van der Waals surface area contributed by atoms with E-state index in [2.05, 4.69) is 10.5 Å². The third-order valence-corrected chi connectivity index (χ3v) is 3.58. The van der Waals surface area contributed by atoms with E-state index in [1.807, 2.05) is 24.3 Å². The Hall–Kier alpha value is -2.21. The van der Waals surface area contributed by atoms with Gasteiger partial charge < -0.3 is 10.6 Å². The van der Waals surface area contributed by atoms with Gasteiger partial charge in [0.25, 0.3) is 5.91 Å². The molecule has 6 heteroatoms. The Kier molecular flexibility index (Phi) is 3.23. The first-order chi connectivity index (χ1) is 9.65. The van der Waals surface area contributed by atoms with Crippen LogP contribution in [0.5, 0.6) is 0 Å². The Bertz CT molecular complexity index is 597. The van der Waals surface area contributed by atoms with E-state index < -0.39 is 0 Å². The van der Waals surface area contributed by atoms with Gasteiger partial charge in [0.1, 0.15) is 5.71 Å². The molecule has 3 N–H and O–H groups in total. The second-order valence-corrected chi connectivity index (χ2v) is 5.10. The molecule has 0 saturated heterocycles.